The van der Waals surface area contributed by atoms with Crippen molar-refractivity contribution in [2.45, 2.75) is 19.0 Å². The summed E-state index contributed by atoms with van der Waals surface area (Å²) in [5.74, 6) is -1.80. The van der Waals surface area contributed by atoms with Gasteiger partial charge < -0.3 is 9.84 Å². The van der Waals surface area contributed by atoms with E-state index < -0.39 is 36.2 Å². The van der Waals surface area contributed by atoms with Crippen LogP contribution >= 0.6 is 0 Å². The first kappa shape index (κ1) is 18.6. The fraction of sp³-hybridized carbons (Fsp3) is 0.188. The fourth-order valence-electron chi connectivity index (χ4n) is 2.20. The zero-order valence-corrected chi connectivity index (χ0v) is 12.3. The minimum Gasteiger partial charge on any atom is -0.481 e. The molecular weight excluding hydrogens is 354 g/mol. The maximum absolute atomic E-state index is 13.1. The molecule has 0 aromatic heterocycles. The SMILES string of the molecule is O=C(O)Cc1ccc(C(F)(F)F)c(-c2ccc(OC(F)(F)F)cc2)c1. The van der Waals surface area contributed by atoms with E-state index in [0.29, 0.717) is 0 Å². The van der Waals surface area contributed by atoms with Crippen molar-refractivity contribution in [3.05, 3.63) is 53.6 Å². The highest BCUT2D eigenvalue weighted by atomic mass is 19.4. The summed E-state index contributed by atoms with van der Waals surface area (Å²) in [6.07, 6.45) is -10.1. The summed E-state index contributed by atoms with van der Waals surface area (Å²) < 4.78 is 79.5. The van der Waals surface area contributed by atoms with Gasteiger partial charge in [-0.15, -0.1) is 13.2 Å². The molecule has 0 fully saturated rings. The van der Waals surface area contributed by atoms with Gasteiger partial charge in [-0.1, -0.05) is 18.2 Å². The summed E-state index contributed by atoms with van der Waals surface area (Å²) in [5.41, 5.74) is -1.24. The van der Waals surface area contributed by atoms with E-state index in [2.05, 4.69) is 4.74 Å². The number of hydrogen-bond donors (Lipinski definition) is 1. The van der Waals surface area contributed by atoms with Gasteiger partial charge in [-0.2, -0.15) is 13.2 Å². The van der Waals surface area contributed by atoms with E-state index in [4.69, 9.17) is 5.11 Å². The first-order valence-corrected chi connectivity index (χ1v) is 6.74. The Bertz CT molecular complexity index is 763. The Hall–Kier alpha value is -2.71. The van der Waals surface area contributed by atoms with Crippen LogP contribution in [0.5, 0.6) is 5.75 Å². The third-order valence-electron chi connectivity index (χ3n) is 3.14. The number of rotatable bonds is 4. The number of carbonyl (C=O) groups is 1. The zero-order valence-electron chi connectivity index (χ0n) is 12.3. The van der Waals surface area contributed by atoms with Crippen molar-refractivity contribution in [2.75, 3.05) is 0 Å². The molecule has 0 saturated heterocycles. The van der Waals surface area contributed by atoms with E-state index in [1.807, 2.05) is 0 Å². The first-order valence-electron chi connectivity index (χ1n) is 6.74. The monoisotopic (exact) mass is 364 g/mol. The summed E-state index contributed by atoms with van der Waals surface area (Å²) >= 11 is 0. The molecule has 0 saturated carbocycles. The van der Waals surface area contributed by atoms with Crippen LogP contribution in [-0.4, -0.2) is 17.4 Å². The molecule has 25 heavy (non-hydrogen) atoms. The molecule has 2 aromatic rings. The van der Waals surface area contributed by atoms with Crippen LogP contribution in [0.1, 0.15) is 11.1 Å². The minimum atomic E-state index is -4.92. The fourth-order valence-corrected chi connectivity index (χ4v) is 2.20. The summed E-state index contributed by atoms with van der Waals surface area (Å²) in [6, 6.07) is 6.68. The molecule has 0 aliphatic heterocycles. The number of benzene rings is 2. The Labute approximate surface area is 137 Å². The quantitative estimate of drug-likeness (QED) is 0.785. The number of ether oxygens (including phenoxy) is 1. The number of aliphatic carboxylic acids is 1. The Kier molecular flexibility index (Phi) is 4.96. The molecule has 0 bridgehead atoms. The molecule has 134 valence electrons. The molecule has 1 N–H and O–H groups in total. The predicted molar refractivity (Wildman–Crippen MR) is 74.9 cm³/mol. The number of alkyl halides is 6. The molecule has 2 rings (SSSR count). The van der Waals surface area contributed by atoms with Crippen LogP contribution in [0, 0.1) is 0 Å². The maximum Gasteiger partial charge on any atom is 0.573 e. The van der Waals surface area contributed by atoms with Gasteiger partial charge in [-0.05, 0) is 41.0 Å². The van der Waals surface area contributed by atoms with Gasteiger partial charge in [0.15, 0.2) is 0 Å². The molecule has 0 spiro atoms. The molecule has 9 heteroatoms. The number of carboxylic acid groups (broad SMARTS) is 1. The van der Waals surface area contributed by atoms with E-state index >= 15 is 0 Å². The average Bonchev–Trinajstić information content (AvgIpc) is 2.44. The van der Waals surface area contributed by atoms with E-state index in [1.165, 1.54) is 0 Å². The molecule has 0 radical (unpaired) electrons. The van der Waals surface area contributed by atoms with Gasteiger partial charge in [0.2, 0.25) is 0 Å². The first-order chi connectivity index (χ1) is 11.5. The maximum atomic E-state index is 13.1. The van der Waals surface area contributed by atoms with Crippen molar-refractivity contribution in [3.8, 4) is 16.9 Å². The van der Waals surface area contributed by atoms with Crippen molar-refractivity contribution < 1.29 is 41.0 Å². The molecule has 0 aliphatic rings. The number of carboxylic acids is 1. The lowest BCUT2D eigenvalue weighted by Gasteiger charge is -2.15. The topological polar surface area (TPSA) is 46.5 Å². The Morgan fingerprint density at radius 3 is 2.04 bits per heavy atom. The second-order valence-electron chi connectivity index (χ2n) is 5.02. The van der Waals surface area contributed by atoms with Crippen molar-refractivity contribution in [2.24, 2.45) is 0 Å². The van der Waals surface area contributed by atoms with Crippen molar-refractivity contribution in [1.82, 2.24) is 0 Å². The Morgan fingerprint density at radius 2 is 1.56 bits per heavy atom. The lowest BCUT2D eigenvalue weighted by atomic mass is 9.96. The standard InChI is InChI=1S/C16H10F6O3/c17-15(18,19)13-6-1-9(8-14(23)24)7-12(13)10-2-4-11(5-3-10)25-16(20,21)22/h1-7H,8H2,(H,23,24). The van der Waals surface area contributed by atoms with E-state index in [9.17, 15) is 31.1 Å². The zero-order chi connectivity index (χ0) is 18.8. The summed E-state index contributed by atoms with van der Waals surface area (Å²) in [4.78, 5) is 10.7. The highest BCUT2D eigenvalue weighted by Crippen LogP contribution is 2.38. The highest BCUT2D eigenvalue weighted by Gasteiger charge is 2.34. The van der Waals surface area contributed by atoms with E-state index in [0.717, 1.165) is 42.5 Å². The second kappa shape index (κ2) is 6.66. The van der Waals surface area contributed by atoms with Gasteiger partial charge in [-0.3, -0.25) is 4.79 Å². The molecule has 0 unspecified atom stereocenters. The van der Waals surface area contributed by atoms with Gasteiger partial charge in [-0.25, -0.2) is 0 Å². The third-order valence-corrected chi connectivity index (χ3v) is 3.14. The van der Waals surface area contributed by atoms with Crippen LogP contribution in [-0.2, 0) is 17.4 Å². The van der Waals surface area contributed by atoms with Crippen LogP contribution in [0.25, 0.3) is 11.1 Å². The Balaban J connectivity index is 2.46. The molecule has 0 amide bonds. The summed E-state index contributed by atoms with van der Waals surface area (Å²) in [5, 5.41) is 8.76. The minimum absolute atomic E-state index is 0.0194. The third kappa shape index (κ3) is 5.13. The molecule has 0 aliphatic carbocycles. The van der Waals surface area contributed by atoms with Gasteiger partial charge >= 0.3 is 18.5 Å². The van der Waals surface area contributed by atoms with Gasteiger partial charge in [0, 0.05) is 0 Å². The predicted octanol–water partition coefficient (Wildman–Crippen LogP) is 4.90. The summed E-state index contributed by atoms with van der Waals surface area (Å²) in [7, 11) is 0. The smallest absolute Gasteiger partial charge is 0.481 e. The lowest BCUT2D eigenvalue weighted by molar-refractivity contribution is -0.274. The normalized spacial score (nSPS) is 12.1. The van der Waals surface area contributed by atoms with Crippen LogP contribution in [0.4, 0.5) is 26.3 Å². The Morgan fingerprint density at radius 1 is 0.960 bits per heavy atom. The average molecular weight is 364 g/mol. The van der Waals surface area contributed by atoms with Crippen molar-refractivity contribution in [3.63, 3.8) is 0 Å². The largest absolute Gasteiger partial charge is 0.573 e. The van der Waals surface area contributed by atoms with Crippen LogP contribution in [0.3, 0.4) is 0 Å². The van der Waals surface area contributed by atoms with Gasteiger partial charge in [0.05, 0.1) is 12.0 Å². The molecule has 0 heterocycles. The second-order valence-corrected chi connectivity index (χ2v) is 5.02. The van der Waals surface area contributed by atoms with Gasteiger partial charge in [0.1, 0.15) is 5.75 Å². The van der Waals surface area contributed by atoms with E-state index in [1.54, 1.807) is 0 Å². The molecule has 0 atom stereocenters. The molecular formula is C16H10F6O3. The number of hydrogen-bond acceptors (Lipinski definition) is 2. The summed E-state index contributed by atoms with van der Waals surface area (Å²) in [6.45, 7) is 0. The van der Waals surface area contributed by atoms with Crippen LogP contribution in [0.2, 0.25) is 0 Å². The van der Waals surface area contributed by atoms with Gasteiger partial charge in [0.25, 0.3) is 0 Å². The van der Waals surface area contributed by atoms with Crippen LogP contribution in [0.15, 0.2) is 42.5 Å². The molecule has 2 aromatic carbocycles. The van der Waals surface area contributed by atoms with E-state index in [-0.39, 0.29) is 16.7 Å². The number of halogens is 6. The lowest BCUT2D eigenvalue weighted by Crippen LogP contribution is -2.17. The van der Waals surface area contributed by atoms with Crippen molar-refractivity contribution >= 4 is 5.97 Å². The van der Waals surface area contributed by atoms with Crippen molar-refractivity contribution in [1.29, 1.82) is 0 Å². The molecule has 3 nitrogen and oxygen atoms in total. The highest BCUT2D eigenvalue weighted by molar-refractivity contribution is 5.74. The van der Waals surface area contributed by atoms with Crippen LogP contribution < -0.4 is 4.74 Å².